The van der Waals surface area contributed by atoms with Crippen LogP contribution in [0.25, 0.3) is 0 Å². The van der Waals surface area contributed by atoms with Gasteiger partial charge >= 0.3 is 0 Å². The number of nitrogens with zero attached hydrogens (tertiary/aromatic N) is 1. The van der Waals surface area contributed by atoms with Crippen molar-refractivity contribution in [3.05, 3.63) is 65.7 Å². The summed E-state index contributed by atoms with van der Waals surface area (Å²) in [7, 11) is 5.45. The van der Waals surface area contributed by atoms with Gasteiger partial charge in [-0.15, -0.1) is 0 Å². The summed E-state index contributed by atoms with van der Waals surface area (Å²) in [5, 5.41) is 13.4. The first-order valence-electron chi connectivity index (χ1n) is 8.20. The highest BCUT2D eigenvalue weighted by atomic mass is 16.3. The summed E-state index contributed by atoms with van der Waals surface area (Å²) >= 11 is 0. The largest absolute Gasteiger partial charge is 0.508 e. The number of carbonyl (C=O) groups excluding carboxylic acids is 1. The van der Waals surface area contributed by atoms with Gasteiger partial charge in [0.05, 0.1) is 5.41 Å². The Bertz CT molecular complexity index is 670. The van der Waals surface area contributed by atoms with Crippen molar-refractivity contribution in [3.8, 4) is 5.75 Å². The van der Waals surface area contributed by atoms with Gasteiger partial charge in [-0.2, -0.15) is 0 Å². The molecule has 1 amide bonds. The second-order valence-corrected chi connectivity index (χ2v) is 6.31. The minimum Gasteiger partial charge on any atom is -0.508 e. The zero-order valence-electron chi connectivity index (χ0n) is 14.6. The van der Waals surface area contributed by atoms with Crippen LogP contribution in [0, 0.1) is 0 Å². The molecular weight excluding hydrogens is 300 g/mol. The molecule has 1 atom stereocenters. The number of amides is 1. The second kappa shape index (κ2) is 7.97. The molecule has 24 heavy (non-hydrogen) atoms. The topological polar surface area (TPSA) is 52.6 Å². The molecule has 4 heteroatoms. The molecule has 2 aromatic rings. The van der Waals surface area contributed by atoms with Gasteiger partial charge in [-0.25, -0.2) is 0 Å². The minimum atomic E-state index is -0.716. The van der Waals surface area contributed by atoms with Gasteiger partial charge in [0.2, 0.25) is 5.91 Å². The molecule has 0 aliphatic carbocycles. The Balaban J connectivity index is 2.56. The average molecular weight is 326 g/mol. The van der Waals surface area contributed by atoms with Crippen LogP contribution in [-0.4, -0.2) is 43.6 Å². The summed E-state index contributed by atoms with van der Waals surface area (Å²) < 4.78 is 0. The van der Waals surface area contributed by atoms with Crippen LogP contribution in [0.1, 0.15) is 17.5 Å². The molecule has 0 aliphatic heterocycles. The van der Waals surface area contributed by atoms with E-state index in [1.807, 2.05) is 49.5 Å². The summed E-state index contributed by atoms with van der Waals surface area (Å²) in [6, 6.07) is 17.1. The fourth-order valence-electron chi connectivity index (χ4n) is 3.15. The van der Waals surface area contributed by atoms with Crippen molar-refractivity contribution in [3.63, 3.8) is 0 Å². The fourth-order valence-corrected chi connectivity index (χ4v) is 3.15. The smallest absolute Gasteiger partial charge is 0.233 e. The predicted octanol–water partition coefficient (Wildman–Crippen LogP) is 2.57. The zero-order valence-corrected chi connectivity index (χ0v) is 14.6. The fraction of sp³-hybridized carbons (Fsp3) is 0.350. The van der Waals surface area contributed by atoms with Crippen molar-refractivity contribution >= 4 is 5.91 Å². The summed E-state index contributed by atoms with van der Waals surface area (Å²) in [5.41, 5.74) is 1.04. The number of aromatic hydroxyl groups is 1. The van der Waals surface area contributed by atoms with Gasteiger partial charge < -0.3 is 15.3 Å². The van der Waals surface area contributed by atoms with Crippen molar-refractivity contribution in [2.24, 2.45) is 0 Å². The predicted molar refractivity (Wildman–Crippen MR) is 97.2 cm³/mol. The van der Waals surface area contributed by atoms with Crippen LogP contribution < -0.4 is 5.32 Å². The van der Waals surface area contributed by atoms with Crippen LogP contribution in [0.5, 0.6) is 5.75 Å². The lowest BCUT2D eigenvalue weighted by atomic mass is 9.71. The van der Waals surface area contributed by atoms with Gasteiger partial charge in [0.1, 0.15) is 5.75 Å². The summed E-state index contributed by atoms with van der Waals surface area (Å²) in [4.78, 5) is 14.8. The Morgan fingerprint density at radius 1 is 1.08 bits per heavy atom. The van der Waals surface area contributed by atoms with Gasteiger partial charge in [-0.3, -0.25) is 4.79 Å². The van der Waals surface area contributed by atoms with Crippen LogP contribution in [0.4, 0.5) is 0 Å². The molecule has 0 saturated heterocycles. The van der Waals surface area contributed by atoms with Crippen molar-refractivity contribution in [2.75, 3.05) is 27.7 Å². The Hall–Kier alpha value is -2.33. The number of nitrogens with one attached hydrogen (secondary N) is 1. The first-order chi connectivity index (χ1) is 11.5. The van der Waals surface area contributed by atoms with E-state index < -0.39 is 5.41 Å². The molecule has 0 aliphatic rings. The number of phenols is 1. The molecule has 2 N–H and O–H groups in total. The molecule has 0 aromatic heterocycles. The van der Waals surface area contributed by atoms with Crippen LogP contribution in [0.3, 0.4) is 0 Å². The lowest BCUT2D eigenvalue weighted by Gasteiger charge is -2.36. The highest BCUT2D eigenvalue weighted by Gasteiger charge is 2.41. The number of hydrogen-bond donors (Lipinski definition) is 2. The maximum absolute atomic E-state index is 13.2. The van der Waals surface area contributed by atoms with E-state index in [9.17, 15) is 9.90 Å². The maximum Gasteiger partial charge on any atom is 0.233 e. The van der Waals surface area contributed by atoms with Gasteiger partial charge in [-0.1, -0.05) is 48.5 Å². The van der Waals surface area contributed by atoms with Crippen molar-refractivity contribution in [2.45, 2.75) is 18.3 Å². The number of phenolic OH excluding ortho intramolecular Hbond substituents is 1. The van der Waals surface area contributed by atoms with E-state index in [2.05, 4.69) is 5.32 Å². The van der Waals surface area contributed by atoms with Crippen molar-refractivity contribution in [1.29, 1.82) is 0 Å². The number of benzene rings is 2. The normalized spacial score (nSPS) is 13.3. The van der Waals surface area contributed by atoms with Gasteiger partial charge in [0, 0.05) is 14.1 Å². The second-order valence-electron chi connectivity index (χ2n) is 6.31. The first kappa shape index (κ1) is 18.0. The lowest BCUT2D eigenvalue weighted by molar-refractivity contribution is -0.135. The number of para-hydroxylation sites is 1. The van der Waals surface area contributed by atoms with E-state index in [4.69, 9.17) is 0 Å². The Kier molecular flexibility index (Phi) is 5.99. The molecule has 0 heterocycles. The standard InChI is InChI=1S/C20H26N2O2/c1-21-14-13-20(19(24)22(2)3,17-10-5-4-6-11-17)15-16-9-7-8-12-18(16)23/h4-12,21,23H,13-15H2,1-3H3. The summed E-state index contributed by atoms with van der Waals surface area (Å²) in [5.74, 6) is 0.279. The molecule has 128 valence electrons. The molecule has 0 radical (unpaired) electrons. The SMILES string of the molecule is CNCCC(Cc1ccccc1O)(C(=O)N(C)C)c1ccccc1. The monoisotopic (exact) mass is 326 g/mol. The molecule has 2 rings (SSSR count). The molecule has 0 spiro atoms. The molecule has 0 fully saturated rings. The zero-order chi connectivity index (χ0) is 17.6. The maximum atomic E-state index is 13.2. The van der Waals surface area contributed by atoms with Crippen molar-refractivity contribution in [1.82, 2.24) is 10.2 Å². The van der Waals surface area contributed by atoms with E-state index in [0.717, 1.165) is 11.1 Å². The average Bonchev–Trinajstić information content (AvgIpc) is 2.60. The van der Waals surface area contributed by atoms with Crippen LogP contribution in [0.15, 0.2) is 54.6 Å². The molecule has 0 bridgehead atoms. The Morgan fingerprint density at radius 2 is 1.71 bits per heavy atom. The van der Waals surface area contributed by atoms with Gasteiger partial charge in [0.15, 0.2) is 0 Å². The Morgan fingerprint density at radius 3 is 2.29 bits per heavy atom. The quantitative estimate of drug-likeness (QED) is 0.822. The number of rotatable bonds is 7. The van der Waals surface area contributed by atoms with E-state index in [1.165, 1.54) is 0 Å². The van der Waals surface area contributed by atoms with Crippen LogP contribution in [0.2, 0.25) is 0 Å². The van der Waals surface area contributed by atoms with Crippen molar-refractivity contribution < 1.29 is 9.90 Å². The summed E-state index contributed by atoms with van der Waals surface area (Å²) in [6.07, 6.45) is 1.11. The minimum absolute atomic E-state index is 0.0483. The van der Waals surface area contributed by atoms with Gasteiger partial charge in [-0.05, 0) is 43.6 Å². The highest BCUT2D eigenvalue weighted by Crippen LogP contribution is 2.36. The number of hydrogen-bond acceptors (Lipinski definition) is 3. The number of likely N-dealkylation sites (N-methyl/N-ethyl adjacent to an activating group) is 1. The van der Waals surface area contributed by atoms with E-state index in [-0.39, 0.29) is 11.7 Å². The number of carbonyl (C=O) groups is 1. The van der Waals surface area contributed by atoms with Gasteiger partial charge in [0.25, 0.3) is 0 Å². The molecule has 0 saturated carbocycles. The highest BCUT2D eigenvalue weighted by molar-refractivity contribution is 5.88. The molecule has 1 unspecified atom stereocenters. The van der Waals surface area contributed by atoms with E-state index in [1.54, 1.807) is 31.1 Å². The summed E-state index contributed by atoms with van der Waals surface area (Å²) in [6.45, 7) is 0.710. The lowest BCUT2D eigenvalue weighted by Crippen LogP contribution is -2.47. The third kappa shape index (κ3) is 3.77. The van der Waals surface area contributed by atoms with Crippen LogP contribution >= 0.6 is 0 Å². The van der Waals surface area contributed by atoms with Crippen LogP contribution in [-0.2, 0) is 16.6 Å². The van der Waals surface area contributed by atoms with E-state index in [0.29, 0.717) is 19.4 Å². The first-order valence-corrected chi connectivity index (χ1v) is 8.20. The molecule has 4 nitrogen and oxygen atoms in total. The third-order valence-electron chi connectivity index (χ3n) is 4.43. The molecule has 2 aromatic carbocycles. The third-order valence-corrected chi connectivity index (χ3v) is 4.43. The Labute approximate surface area is 144 Å². The molecular formula is C20H26N2O2. The van der Waals surface area contributed by atoms with E-state index >= 15 is 0 Å².